The summed E-state index contributed by atoms with van der Waals surface area (Å²) in [6.45, 7) is 3.62. The molecule has 1 aromatic rings. The maximum Gasteiger partial charge on any atom is 0.240 e. The minimum atomic E-state index is -0.287. The zero-order valence-electron chi connectivity index (χ0n) is 8.48. The number of halogens is 2. The third kappa shape index (κ3) is 5.51. The standard InChI is InChI=1S/C8H12N4O.2ClH/c1-5-3-6(2)11-8(10-5)12-7(13)4-9;;/h3H,4,9H2,1-2H3,(H,10,11,12,13);2*1H. The van der Waals surface area contributed by atoms with Gasteiger partial charge in [-0.05, 0) is 19.9 Å². The molecule has 1 amide bonds. The Morgan fingerprint density at radius 1 is 1.33 bits per heavy atom. The minimum Gasteiger partial charge on any atom is -0.322 e. The predicted molar refractivity (Wildman–Crippen MR) is 63.7 cm³/mol. The second-order valence-corrected chi connectivity index (χ2v) is 2.73. The summed E-state index contributed by atoms with van der Waals surface area (Å²) in [5.74, 6) is 0.0259. The van der Waals surface area contributed by atoms with E-state index in [2.05, 4.69) is 15.3 Å². The first-order valence-corrected chi connectivity index (χ1v) is 3.94. The first-order chi connectivity index (χ1) is 6.11. The van der Waals surface area contributed by atoms with Gasteiger partial charge >= 0.3 is 0 Å². The van der Waals surface area contributed by atoms with Gasteiger partial charge in [0.15, 0.2) is 0 Å². The van der Waals surface area contributed by atoms with Gasteiger partial charge in [0.05, 0.1) is 6.54 Å². The fraction of sp³-hybridized carbons (Fsp3) is 0.375. The van der Waals surface area contributed by atoms with E-state index in [0.717, 1.165) is 11.4 Å². The number of aryl methyl sites for hydroxylation is 2. The van der Waals surface area contributed by atoms with Crippen LogP contribution < -0.4 is 11.1 Å². The summed E-state index contributed by atoms with van der Waals surface area (Å²) in [5.41, 5.74) is 6.77. The van der Waals surface area contributed by atoms with Gasteiger partial charge in [0.25, 0.3) is 0 Å². The van der Waals surface area contributed by atoms with Gasteiger partial charge in [0.2, 0.25) is 11.9 Å². The molecule has 5 nitrogen and oxygen atoms in total. The maximum absolute atomic E-state index is 10.9. The molecule has 0 spiro atoms. The third-order valence-electron chi connectivity index (χ3n) is 1.42. The number of nitrogens with one attached hydrogen (secondary N) is 1. The zero-order valence-corrected chi connectivity index (χ0v) is 10.1. The molecule has 0 aliphatic carbocycles. The largest absolute Gasteiger partial charge is 0.322 e. The second kappa shape index (κ2) is 7.39. The van der Waals surface area contributed by atoms with E-state index >= 15 is 0 Å². The van der Waals surface area contributed by atoms with Crippen LogP contribution in [-0.2, 0) is 4.79 Å². The Balaban J connectivity index is 0. The summed E-state index contributed by atoms with van der Waals surface area (Å²) in [6, 6.07) is 1.83. The zero-order chi connectivity index (χ0) is 9.84. The van der Waals surface area contributed by atoms with Gasteiger partial charge in [0.1, 0.15) is 0 Å². The Kier molecular flexibility index (Phi) is 8.14. The van der Waals surface area contributed by atoms with E-state index in [0.29, 0.717) is 5.95 Å². The topological polar surface area (TPSA) is 80.9 Å². The van der Waals surface area contributed by atoms with Crippen molar-refractivity contribution in [3.8, 4) is 0 Å². The van der Waals surface area contributed by atoms with Crippen molar-refractivity contribution in [1.82, 2.24) is 9.97 Å². The van der Waals surface area contributed by atoms with Crippen molar-refractivity contribution in [2.45, 2.75) is 13.8 Å². The van der Waals surface area contributed by atoms with Gasteiger partial charge in [-0.25, -0.2) is 9.97 Å². The van der Waals surface area contributed by atoms with Crippen LogP contribution in [0, 0.1) is 13.8 Å². The minimum absolute atomic E-state index is 0. The Hall–Kier alpha value is -0.910. The van der Waals surface area contributed by atoms with E-state index < -0.39 is 0 Å². The summed E-state index contributed by atoms with van der Waals surface area (Å²) in [5, 5.41) is 2.49. The third-order valence-corrected chi connectivity index (χ3v) is 1.42. The van der Waals surface area contributed by atoms with Gasteiger partial charge in [-0.3, -0.25) is 10.1 Å². The molecule has 3 N–H and O–H groups in total. The number of carbonyl (C=O) groups excluding carboxylic acids is 1. The normalized spacial score (nSPS) is 8.47. The number of rotatable bonds is 2. The van der Waals surface area contributed by atoms with Crippen LogP contribution in [0.2, 0.25) is 0 Å². The van der Waals surface area contributed by atoms with Gasteiger partial charge < -0.3 is 5.73 Å². The number of hydrogen-bond acceptors (Lipinski definition) is 4. The van der Waals surface area contributed by atoms with Crippen LogP contribution in [0.1, 0.15) is 11.4 Å². The average Bonchev–Trinajstić information content (AvgIpc) is 2.02. The summed E-state index contributed by atoms with van der Waals surface area (Å²) in [4.78, 5) is 18.9. The number of nitrogens with zero attached hydrogens (tertiary/aromatic N) is 2. The van der Waals surface area contributed by atoms with Crippen molar-refractivity contribution in [3.63, 3.8) is 0 Å². The van der Waals surface area contributed by atoms with Crippen LogP contribution in [0.5, 0.6) is 0 Å². The fourth-order valence-electron chi connectivity index (χ4n) is 0.958. The van der Waals surface area contributed by atoms with E-state index in [1.54, 1.807) is 0 Å². The van der Waals surface area contributed by atoms with Crippen LogP contribution in [0.3, 0.4) is 0 Å². The van der Waals surface area contributed by atoms with Gasteiger partial charge in [0, 0.05) is 11.4 Å². The molecule has 0 atom stereocenters. The summed E-state index contributed by atoms with van der Waals surface area (Å²) < 4.78 is 0. The SMILES string of the molecule is Cc1cc(C)nc(NC(=O)CN)n1.Cl.Cl. The molecule has 0 unspecified atom stereocenters. The van der Waals surface area contributed by atoms with Crippen molar-refractivity contribution in [2.75, 3.05) is 11.9 Å². The smallest absolute Gasteiger partial charge is 0.240 e. The maximum atomic E-state index is 10.9. The van der Waals surface area contributed by atoms with Crippen LogP contribution in [0.25, 0.3) is 0 Å². The van der Waals surface area contributed by atoms with E-state index in [1.165, 1.54) is 0 Å². The predicted octanol–water partition coefficient (Wildman–Crippen LogP) is 0.834. The molecule has 0 aromatic carbocycles. The highest BCUT2D eigenvalue weighted by atomic mass is 35.5. The van der Waals surface area contributed by atoms with Gasteiger partial charge in [-0.2, -0.15) is 0 Å². The lowest BCUT2D eigenvalue weighted by Gasteiger charge is -2.03. The molecule has 0 aliphatic heterocycles. The molecule has 0 bridgehead atoms. The van der Waals surface area contributed by atoms with Crippen molar-refractivity contribution in [1.29, 1.82) is 0 Å². The van der Waals surface area contributed by atoms with Gasteiger partial charge in [-0.15, -0.1) is 24.8 Å². The Bertz CT molecular complexity index is 312. The molecule has 0 saturated carbocycles. The molecule has 15 heavy (non-hydrogen) atoms. The number of amides is 1. The van der Waals surface area contributed by atoms with Crippen molar-refractivity contribution in [2.24, 2.45) is 5.73 Å². The molecule has 0 saturated heterocycles. The molecule has 7 heteroatoms. The first kappa shape index (κ1) is 16.5. The molecular weight excluding hydrogens is 239 g/mol. The quantitative estimate of drug-likeness (QED) is 0.818. The number of nitrogens with two attached hydrogens (primary N) is 1. The number of aromatic nitrogens is 2. The summed E-state index contributed by atoms with van der Waals surface area (Å²) >= 11 is 0. The summed E-state index contributed by atoms with van der Waals surface area (Å²) in [6.07, 6.45) is 0. The molecule has 0 radical (unpaired) electrons. The molecular formula is C8H14Cl2N4O. The molecule has 0 aliphatic rings. The highest BCUT2D eigenvalue weighted by Crippen LogP contribution is 2.02. The van der Waals surface area contributed by atoms with Crippen molar-refractivity contribution in [3.05, 3.63) is 17.5 Å². The molecule has 1 rings (SSSR count). The van der Waals surface area contributed by atoms with Crippen molar-refractivity contribution < 1.29 is 4.79 Å². The van der Waals surface area contributed by atoms with E-state index in [9.17, 15) is 4.79 Å². The monoisotopic (exact) mass is 252 g/mol. The molecule has 1 heterocycles. The van der Waals surface area contributed by atoms with Crippen LogP contribution >= 0.6 is 24.8 Å². The molecule has 1 aromatic heterocycles. The number of anilines is 1. The average molecular weight is 253 g/mol. The van der Waals surface area contributed by atoms with Crippen LogP contribution in [0.15, 0.2) is 6.07 Å². The second-order valence-electron chi connectivity index (χ2n) is 2.73. The first-order valence-electron chi connectivity index (χ1n) is 3.94. The lowest BCUT2D eigenvalue weighted by atomic mass is 10.4. The van der Waals surface area contributed by atoms with Crippen molar-refractivity contribution >= 4 is 36.7 Å². The molecule has 0 fully saturated rings. The Morgan fingerprint density at radius 2 is 1.80 bits per heavy atom. The number of hydrogen-bond donors (Lipinski definition) is 2. The fourth-order valence-corrected chi connectivity index (χ4v) is 0.958. The highest BCUT2D eigenvalue weighted by molar-refractivity contribution is 5.90. The van der Waals surface area contributed by atoms with E-state index in [4.69, 9.17) is 5.73 Å². The van der Waals surface area contributed by atoms with E-state index in [-0.39, 0.29) is 37.3 Å². The number of carbonyl (C=O) groups is 1. The van der Waals surface area contributed by atoms with Crippen LogP contribution in [0.4, 0.5) is 5.95 Å². The van der Waals surface area contributed by atoms with Crippen LogP contribution in [-0.4, -0.2) is 22.4 Å². The Labute approximate surface area is 101 Å². The summed E-state index contributed by atoms with van der Waals surface area (Å²) in [7, 11) is 0. The lowest BCUT2D eigenvalue weighted by Crippen LogP contribution is -2.23. The highest BCUT2D eigenvalue weighted by Gasteiger charge is 2.02. The van der Waals surface area contributed by atoms with E-state index in [1.807, 2.05) is 19.9 Å². The Morgan fingerprint density at radius 3 is 2.20 bits per heavy atom. The lowest BCUT2D eigenvalue weighted by molar-refractivity contribution is -0.114. The van der Waals surface area contributed by atoms with Gasteiger partial charge in [-0.1, -0.05) is 0 Å². The molecule has 86 valence electrons.